The van der Waals surface area contributed by atoms with Gasteiger partial charge in [-0.3, -0.25) is 4.79 Å². The smallest absolute Gasteiger partial charge is 0.319 e. The summed E-state index contributed by atoms with van der Waals surface area (Å²) in [5.74, 6) is -0.190. The lowest BCUT2D eigenvalue weighted by atomic mass is 10.2. The quantitative estimate of drug-likeness (QED) is 0.215. The number of rotatable bonds is 11. The molecule has 0 bridgehead atoms. The van der Waals surface area contributed by atoms with E-state index in [4.69, 9.17) is 4.98 Å². The summed E-state index contributed by atoms with van der Waals surface area (Å²) in [5, 5.41) is 14.5. The summed E-state index contributed by atoms with van der Waals surface area (Å²) < 4.78 is -0.161. The molecule has 0 amide bonds. The van der Waals surface area contributed by atoms with Crippen molar-refractivity contribution < 1.29 is 9.90 Å². The molecule has 3 heterocycles. The van der Waals surface area contributed by atoms with Crippen molar-refractivity contribution in [2.24, 2.45) is 0 Å². The van der Waals surface area contributed by atoms with Crippen LogP contribution in [0.5, 0.6) is 0 Å². The molecule has 190 valence electrons. The standard InChI is InChI=1S/C25H27N5O2S3.ClH/c1-4-17-12-26-23(27-13-17)30(14-20-16-33-21(28-20)18-8-6-5-7-9-18)11-10-19-15-34-24(29-19)35-25(2,3)22(31)32;/h5-9,12-13,15-16H,4,10-11,14H2,1-3H3,(H,31,32);1H. The lowest BCUT2D eigenvalue weighted by molar-refractivity contribution is -0.138. The topological polar surface area (TPSA) is 92.1 Å². The third-order valence-electron chi connectivity index (χ3n) is 5.33. The molecule has 4 rings (SSSR count). The van der Waals surface area contributed by atoms with Gasteiger partial charge in [0.05, 0.1) is 17.9 Å². The predicted octanol–water partition coefficient (Wildman–Crippen LogP) is 6.25. The largest absolute Gasteiger partial charge is 0.480 e. The fraction of sp³-hybridized carbons (Fsp3) is 0.320. The van der Waals surface area contributed by atoms with Crippen molar-refractivity contribution >= 4 is 58.8 Å². The van der Waals surface area contributed by atoms with Crippen molar-refractivity contribution in [3.63, 3.8) is 0 Å². The first-order valence-electron chi connectivity index (χ1n) is 11.3. The highest BCUT2D eigenvalue weighted by Gasteiger charge is 2.29. The molecule has 0 spiro atoms. The molecule has 1 aromatic carbocycles. The van der Waals surface area contributed by atoms with E-state index in [1.807, 2.05) is 36.0 Å². The molecule has 0 atom stereocenters. The molecule has 11 heteroatoms. The van der Waals surface area contributed by atoms with Gasteiger partial charge in [0.25, 0.3) is 0 Å². The van der Waals surface area contributed by atoms with Crippen molar-refractivity contribution in [2.45, 2.75) is 49.2 Å². The fourth-order valence-corrected chi connectivity index (χ4v) is 6.24. The van der Waals surface area contributed by atoms with Crippen molar-refractivity contribution in [1.82, 2.24) is 19.9 Å². The zero-order chi connectivity index (χ0) is 24.8. The Hall–Kier alpha value is -2.53. The van der Waals surface area contributed by atoms with Crippen LogP contribution in [-0.2, 0) is 24.2 Å². The van der Waals surface area contributed by atoms with Gasteiger partial charge in [-0.2, -0.15) is 0 Å². The molecule has 36 heavy (non-hydrogen) atoms. The monoisotopic (exact) mass is 561 g/mol. The number of carboxylic acid groups (broad SMARTS) is 1. The molecule has 0 fully saturated rings. The molecule has 0 aliphatic heterocycles. The lowest BCUT2D eigenvalue weighted by Crippen LogP contribution is -2.27. The van der Waals surface area contributed by atoms with Crippen molar-refractivity contribution in [2.75, 3.05) is 11.4 Å². The van der Waals surface area contributed by atoms with Crippen LogP contribution in [0.4, 0.5) is 5.95 Å². The van der Waals surface area contributed by atoms with Crippen molar-refractivity contribution in [3.05, 3.63) is 70.4 Å². The van der Waals surface area contributed by atoms with Gasteiger partial charge in [-0.25, -0.2) is 19.9 Å². The van der Waals surface area contributed by atoms with Crippen LogP contribution < -0.4 is 4.90 Å². The summed E-state index contributed by atoms with van der Waals surface area (Å²) >= 11 is 4.38. The molecule has 0 aliphatic carbocycles. The summed E-state index contributed by atoms with van der Waals surface area (Å²) in [7, 11) is 0. The minimum absolute atomic E-state index is 0. The Labute approximate surface area is 229 Å². The van der Waals surface area contributed by atoms with E-state index in [2.05, 4.69) is 44.3 Å². The third-order valence-corrected chi connectivity index (χ3v) is 8.45. The number of hydrogen-bond acceptors (Lipinski definition) is 9. The molecule has 0 aliphatic rings. The highest BCUT2D eigenvalue weighted by Crippen LogP contribution is 2.34. The van der Waals surface area contributed by atoms with Crippen LogP contribution >= 0.6 is 46.8 Å². The first-order valence-corrected chi connectivity index (χ1v) is 13.8. The molecule has 0 radical (unpaired) electrons. The van der Waals surface area contributed by atoms with E-state index in [9.17, 15) is 9.90 Å². The Bertz CT molecular complexity index is 1260. The first-order chi connectivity index (χ1) is 16.8. The Morgan fingerprint density at radius 1 is 1.06 bits per heavy atom. The number of nitrogens with zero attached hydrogens (tertiary/aromatic N) is 5. The van der Waals surface area contributed by atoms with Gasteiger partial charge in [0, 0.05) is 41.7 Å². The van der Waals surface area contributed by atoms with Crippen LogP contribution in [0.1, 0.15) is 37.7 Å². The number of benzene rings is 1. The van der Waals surface area contributed by atoms with E-state index in [1.54, 1.807) is 25.2 Å². The number of carboxylic acids is 1. The number of hydrogen-bond donors (Lipinski definition) is 1. The van der Waals surface area contributed by atoms with E-state index < -0.39 is 10.7 Å². The molecule has 3 aromatic heterocycles. The average Bonchev–Trinajstić information content (AvgIpc) is 3.51. The Morgan fingerprint density at radius 3 is 2.42 bits per heavy atom. The maximum Gasteiger partial charge on any atom is 0.319 e. The van der Waals surface area contributed by atoms with Crippen LogP contribution in [0.3, 0.4) is 0 Å². The summed E-state index contributed by atoms with van der Waals surface area (Å²) in [6.07, 6.45) is 5.33. The third kappa shape index (κ3) is 7.25. The van der Waals surface area contributed by atoms with E-state index >= 15 is 0 Å². The van der Waals surface area contributed by atoms with E-state index in [0.717, 1.165) is 38.3 Å². The molecule has 0 saturated carbocycles. The fourth-order valence-electron chi connectivity index (χ4n) is 3.19. The molecule has 1 N–H and O–H groups in total. The van der Waals surface area contributed by atoms with Gasteiger partial charge >= 0.3 is 5.97 Å². The molecule has 7 nitrogen and oxygen atoms in total. The minimum atomic E-state index is -0.920. The SMILES string of the molecule is CCc1cnc(N(CCc2csc(SC(C)(C)C(=O)O)n2)Cc2csc(-c3ccccc3)n2)nc1.Cl. The van der Waals surface area contributed by atoms with Crippen molar-refractivity contribution in [1.29, 1.82) is 0 Å². The lowest BCUT2D eigenvalue weighted by Gasteiger charge is -2.21. The zero-order valence-corrected chi connectivity index (χ0v) is 23.5. The maximum atomic E-state index is 11.4. The molecule has 0 saturated heterocycles. The highest BCUT2D eigenvalue weighted by molar-refractivity contribution is 8.03. The number of carbonyl (C=O) groups is 1. The summed E-state index contributed by atoms with van der Waals surface area (Å²) in [6, 6.07) is 10.2. The van der Waals surface area contributed by atoms with Crippen LogP contribution in [-0.4, -0.2) is 42.3 Å². The van der Waals surface area contributed by atoms with Gasteiger partial charge < -0.3 is 10.0 Å². The van der Waals surface area contributed by atoms with Gasteiger partial charge in [0.2, 0.25) is 5.95 Å². The number of anilines is 1. The second kappa shape index (κ2) is 12.6. The Balaban J connectivity index is 0.00000361. The second-order valence-electron chi connectivity index (χ2n) is 8.45. The number of aliphatic carboxylic acids is 1. The molecular formula is C25H28ClN5O2S3. The van der Waals surface area contributed by atoms with Crippen LogP contribution in [0.2, 0.25) is 0 Å². The van der Waals surface area contributed by atoms with Crippen LogP contribution in [0.25, 0.3) is 10.6 Å². The number of aromatic nitrogens is 4. The van der Waals surface area contributed by atoms with Crippen LogP contribution in [0.15, 0.2) is 57.8 Å². The van der Waals surface area contributed by atoms with Gasteiger partial charge in [-0.05, 0) is 25.8 Å². The van der Waals surface area contributed by atoms with Crippen molar-refractivity contribution in [3.8, 4) is 10.6 Å². The summed E-state index contributed by atoms with van der Waals surface area (Å²) in [6.45, 7) is 6.72. The molecule has 4 aromatic rings. The second-order valence-corrected chi connectivity index (χ2v) is 12.0. The maximum absolute atomic E-state index is 11.4. The van der Waals surface area contributed by atoms with E-state index in [-0.39, 0.29) is 12.4 Å². The number of thioether (sulfide) groups is 1. The highest BCUT2D eigenvalue weighted by atomic mass is 35.5. The molecular weight excluding hydrogens is 534 g/mol. The zero-order valence-electron chi connectivity index (χ0n) is 20.2. The Kier molecular flexibility index (Phi) is 9.84. The van der Waals surface area contributed by atoms with Gasteiger partial charge in [0.1, 0.15) is 9.75 Å². The molecule has 0 unspecified atom stereocenters. The summed E-state index contributed by atoms with van der Waals surface area (Å²) in [5.41, 5.74) is 4.10. The number of halogens is 1. The van der Waals surface area contributed by atoms with Gasteiger partial charge in [-0.1, -0.05) is 49.0 Å². The van der Waals surface area contributed by atoms with Gasteiger partial charge in [-0.15, -0.1) is 35.1 Å². The van der Waals surface area contributed by atoms with E-state index in [0.29, 0.717) is 25.5 Å². The average molecular weight is 562 g/mol. The van der Waals surface area contributed by atoms with Crippen LogP contribution in [0, 0.1) is 0 Å². The minimum Gasteiger partial charge on any atom is -0.480 e. The Morgan fingerprint density at radius 2 is 1.75 bits per heavy atom. The van der Waals surface area contributed by atoms with Gasteiger partial charge in [0.15, 0.2) is 4.34 Å². The normalized spacial score (nSPS) is 11.2. The first kappa shape index (κ1) is 28.0. The van der Waals surface area contributed by atoms with E-state index in [1.165, 1.54) is 23.1 Å². The number of aryl methyl sites for hydroxylation is 1. The number of thiazole rings is 2. The summed E-state index contributed by atoms with van der Waals surface area (Å²) in [4.78, 5) is 32.3. The predicted molar refractivity (Wildman–Crippen MR) is 151 cm³/mol.